The lowest BCUT2D eigenvalue weighted by molar-refractivity contribution is -0.137. The summed E-state index contributed by atoms with van der Waals surface area (Å²) in [6, 6.07) is 9.22. The molecule has 0 fully saturated rings. The van der Waals surface area contributed by atoms with E-state index in [1.165, 1.54) is 24.3 Å². The van der Waals surface area contributed by atoms with Gasteiger partial charge in [-0.15, -0.1) is 0 Å². The predicted octanol–water partition coefficient (Wildman–Crippen LogP) is 3.84. The third kappa shape index (κ3) is 2.91. The lowest BCUT2D eigenvalue weighted by Gasteiger charge is -2.16. The number of fused-ring (bicyclic) bond motifs is 3. The summed E-state index contributed by atoms with van der Waals surface area (Å²) in [5.74, 6) is -0.0269. The lowest BCUT2D eigenvalue weighted by Crippen LogP contribution is -2.14. The van der Waals surface area contributed by atoms with Crippen molar-refractivity contribution in [2.24, 2.45) is 10.7 Å². The minimum atomic E-state index is -4.53. The number of alkyl halides is 3. The second-order valence-electron chi connectivity index (χ2n) is 6.08. The minimum absolute atomic E-state index is 0.0969. The van der Waals surface area contributed by atoms with Crippen molar-refractivity contribution in [1.82, 2.24) is 9.55 Å². The fraction of sp³-hybridized carbons (Fsp3) is 0.158. The van der Waals surface area contributed by atoms with Crippen LogP contribution in [0.2, 0.25) is 0 Å². The summed E-state index contributed by atoms with van der Waals surface area (Å²) in [4.78, 5) is 8.66. The molecule has 0 bridgehead atoms. The molecule has 0 saturated heterocycles. The molecule has 1 aliphatic rings. The largest absolute Gasteiger partial charge is 0.416 e. The van der Waals surface area contributed by atoms with Crippen molar-refractivity contribution in [2.75, 3.05) is 0 Å². The molecule has 0 amide bonds. The summed E-state index contributed by atoms with van der Waals surface area (Å²) >= 11 is 0. The molecular formula is C19H14F4N4. The maximum Gasteiger partial charge on any atom is 0.416 e. The van der Waals surface area contributed by atoms with Crippen molar-refractivity contribution in [3.8, 4) is 5.69 Å². The van der Waals surface area contributed by atoms with Crippen LogP contribution in [0, 0.1) is 5.82 Å². The standard InChI is InChI=1S/C19H14F4N4/c20-15-4-2-1-3-13(15)18-14-7-11(19(21,22)23)5-6-16(14)27-12(8-24)9-25-17(27)10-26-18/h1-7,9H,8,10,24H2. The second kappa shape index (κ2) is 6.31. The van der Waals surface area contributed by atoms with Gasteiger partial charge in [0.2, 0.25) is 0 Å². The van der Waals surface area contributed by atoms with E-state index in [0.717, 1.165) is 12.1 Å². The molecule has 0 aliphatic carbocycles. The average Bonchev–Trinajstić information content (AvgIpc) is 2.98. The number of rotatable bonds is 2. The van der Waals surface area contributed by atoms with E-state index in [1.54, 1.807) is 16.8 Å². The number of aliphatic imine (C=N–C) groups is 1. The molecule has 0 atom stereocenters. The van der Waals surface area contributed by atoms with Gasteiger partial charge in [-0.25, -0.2) is 9.37 Å². The molecule has 2 N–H and O–H groups in total. The van der Waals surface area contributed by atoms with E-state index in [1.807, 2.05) is 0 Å². The highest BCUT2D eigenvalue weighted by Gasteiger charge is 2.33. The molecule has 0 unspecified atom stereocenters. The molecule has 3 aromatic rings. The van der Waals surface area contributed by atoms with Crippen molar-refractivity contribution in [2.45, 2.75) is 19.3 Å². The van der Waals surface area contributed by atoms with E-state index in [9.17, 15) is 17.6 Å². The molecule has 1 aromatic heterocycles. The summed E-state index contributed by atoms with van der Waals surface area (Å²) in [6.45, 7) is 0.252. The minimum Gasteiger partial charge on any atom is -0.325 e. The number of hydrogen-bond acceptors (Lipinski definition) is 3. The molecule has 4 nitrogen and oxygen atoms in total. The fourth-order valence-electron chi connectivity index (χ4n) is 3.20. The van der Waals surface area contributed by atoms with E-state index in [0.29, 0.717) is 17.2 Å². The van der Waals surface area contributed by atoms with Gasteiger partial charge in [0.25, 0.3) is 0 Å². The van der Waals surface area contributed by atoms with E-state index in [4.69, 9.17) is 5.73 Å². The van der Waals surface area contributed by atoms with Crippen LogP contribution >= 0.6 is 0 Å². The molecular weight excluding hydrogens is 360 g/mol. The topological polar surface area (TPSA) is 56.2 Å². The van der Waals surface area contributed by atoms with Crippen molar-refractivity contribution in [3.05, 3.63) is 82.7 Å². The van der Waals surface area contributed by atoms with Gasteiger partial charge in [0.1, 0.15) is 11.6 Å². The first-order valence-electron chi connectivity index (χ1n) is 8.17. The van der Waals surface area contributed by atoms with Crippen LogP contribution in [0.15, 0.2) is 53.7 Å². The molecule has 2 heterocycles. The van der Waals surface area contributed by atoms with Crippen LogP contribution in [0.5, 0.6) is 0 Å². The predicted molar refractivity (Wildman–Crippen MR) is 92.2 cm³/mol. The van der Waals surface area contributed by atoms with E-state index in [2.05, 4.69) is 9.98 Å². The summed E-state index contributed by atoms with van der Waals surface area (Å²) in [5, 5.41) is 0. The van der Waals surface area contributed by atoms with Crippen LogP contribution in [0.25, 0.3) is 5.69 Å². The van der Waals surface area contributed by atoms with E-state index < -0.39 is 17.6 Å². The molecule has 8 heteroatoms. The molecule has 1 aliphatic heterocycles. The van der Waals surface area contributed by atoms with Gasteiger partial charge in [0, 0.05) is 17.7 Å². The van der Waals surface area contributed by atoms with E-state index in [-0.39, 0.29) is 29.9 Å². The molecule has 0 spiro atoms. The summed E-state index contributed by atoms with van der Waals surface area (Å²) in [6.07, 6.45) is -2.96. The van der Waals surface area contributed by atoms with E-state index >= 15 is 0 Å². The van der Waals surface area contributed by atoms with Gasteiger partial charge in [-0.05, 0) is 30.3 Å². The highest BCUT2D eigenvalue weighted by atomic mass is 19.4. The maximum absolute atomic E-state index is 14.4. The van der Waals surface area contributed by atoms with Crippen molar-refractivity contribution in [3.63, 3.8) is 0 Å². The summed E-state index contributed by atoms with van der Waals surface area (Å²) in [7, 11) is 0. The van der Waals surface area contributed by atoms with Crippen LogP contribution in [-0.2, 0) is 19.3 Å². The molecule has 4 rings (SSSR count). The number of aromatic nitrogens is 2. The Morgan fingerprint density at radius 1 is 1.07 bits per heavy atom. The third-order valence-corrected chi connectivity index (χ3v) is 4.44. The number of halogens is 4. The zero-order valence-electron chi connectivity index (χ0n) is 14.0. The molecule has 0 radical (unpaired) electrons. The number of imidazole rings is 1. The van der Waals surface area contributed by atoms with Gasteiger partial charge in [-0.2, -0.15) is 13.2 Å². The quantitative estimate of drug-likeness (QED) is 0.693. The Bertz CT molecular complexity index is 1050. The Kier molecular flexibility index (Phi) is 4.07. The van der Waals surface area contributed by atoms with Gasteiger partial charge in [0.15, 0.2) is 0 Å². The SMILES string of the molecule is NCc1cnc2n1-c1ccc(C(F)(F)F)cc1C(c1ccccc1F)=NC2. The van der Waals surface area contributed by atoms with Crippen LogP contribution in [-0.4, -0.2) is 15.3 Å². The van der Waals surface area contributed by atoms with Crippen LogP contribution in [0.4, 0.5) is 17.6 Å². The first-order valence-corrected chi connectivity index (χ1v) is 8.17. The van der Waals surface area contributed by atoms with Gasteiger partial charge in [-0.3, -0.25) is 9.56 Å². The molecule has 138 valence electrons. The highest BCUT2D eigenvalue weighted by Crippen LogP contribution is 2.34. The number of hydrogen-bond donors (Lipinski definition) is 1. The Morgan fingerprint density at radius 2 is 1.85 bits per heavy atom. The summed E-state index contributed by atoms with van der Waals surface area (Å²) in [5.41, 5.74) is 6.48. The van der Waals surface area contributed by atoms with Gasteiger partial charge in [0.05, 0.1) is 35.4 Å². The Hall–Kier alpha value is -3.00. The normalized spacial score (nSPS) is 13.6. The van der Waals surface area contributed by atoms with Gasteiger partial charge in [-0.1, -0.05) is 12.1 Å². The molecule has 0 saturated carbocycles. The first kappa shape index (κ1) is 17.4. The monoisotopic (exact) mass is 374 g/mol. The average molecular weight is 374 g/mol. The van der Waals surface area contributed by atoms with Crippen molar-refractivity contribution >= 4 is 5.71 Å². The number of nitrogens with two attached hydrogens (primary N) is 1. The lowest BCUT2D eigenvalue weighted by atomic mass is 9.97. The van der Waals surface area contributed by atoms with Crippen LogP contribution in [0.1, 0.15) is 28.2 Å². The highest BCUT2D eigenvalue weighted by molar-refractivity contribution is 6.15. The van der Waals surface area contributed by atoms with Crippen molar-refractivity contribution in [1.29, 1.82) is 0 Å². The smallest absolute Gasteiger partial charge is 0.325 e. The fourth-order valence-corrected chi connectivity index (χ4v) is 3.20. The zero-order valence-corrected chi connectivity index (χ0v) is 14.0. The Balaban J connectivity index is 2.02. The maximum atomic E-state index is 14.4. The number of benzene rings is 2. The third-order valence-electron chi connectivity index (χ3n) is 4.44. The first-order chi connectivity index (χ1) is 12.9. The Labute approximate surface area is 152 Å². The summed E-state index contributed by atoms with van der Waals surface area (Å²) < 4.78 is 56.0. The van der Waals surface area contributed by atoms with Crippen LogP contribution in [0.3, 0.4) is 0 Å². The zero-order chi connectivity index (χ0) is 19.2. The van der Waals surface area contributed by atoms with Crippen molar-refractivity contribution < 1.29 is 17.6 Å². The Morgan fingerprint density at radius 3 is 2.56 bits per heavy atom. The van der Waals surface area contributed by atoms with Crippen LogP contribution < -0.4 is 5.73 Å². The molecule has 27 heavy (non-hydrogen) atoms. The van der Waals surface area contributed by atoms with Gasteiger partial charge >= 0.3 is 6.18 Å². The van der Waals surface area contributed by atoms with Gasteiger partial charge < -0.3 is 5.73 Å². The number of nitrogens with zero attached hydrogens (tertiary/aromatic N) is 3. The molecule has 2 aromatic carbocycles. The second-order valence-corrected chi connectivity index (χ2v) is 6.08.